The van der Waals surface area contributed by atoms with E-state index in [0.29, 0.717) is 5.56 Å². The maximum Gasteiger partial charge on any atom is 0.308 e. The summed E-state index contributed by atoms with van der Waals surface area (Å²) in [4.78, 5) is 12.9. The zero-order valence-electron chi connectivity index (χ0n) is 10.8. The highest BCUT2D eigenvalue weighted by Gasteiger charge is 2.24. The molecule has 0 aliphatic carbocycles. The fourth-order valence-electron chi connectivity index (χ4n) is 1.72. The Labute approximate surface area is 107 Å². The first kappa shape index (κ1) is 14.5. The average molecular weight is 253 g/mol. The maximum absolute atomic E-state index is 11.1. The van der Waals surface area contributed by atoms with E-state index in [1.54, 1.807) is 12.1 Å². The van der Waals surface area contributed by atoms with Crippen LogP contribution in [0.4, 0.5) is 5.69 Å². The van der Waals surface area contributed by atoms with Gasteiger partial charge in [0, 0.05) is 25.3 Å². The third-order valence-corrected chi connectivity index (χ3v) is 2.71. The molecule has 1 rings (SSSR count). The summed E-state index contributed by atoms with van der Waals surface area (Å²) in [5.74, 6) is -0.552. The number of para-hydroxylation sites is 1. The number of benzene rings is 1. The minimum absolute atomic E-state index is 0.237. The molecule has 0 radical (unpaired) electrons. The number of rotatable bonds is 5. The third-order valence-electron chi connectivity index (χ3n) is 2.71. The highest BCUT2D eigenvalue weighted by molar-refractivity contribution is 5.70. The fourth-order valence-corrected chi connectivity index (χ4v) is 1.72. The van der Waals surface area contributed by atoms with Gasteiger partial charge >= 0.3 is 5.97 Å². The first-order chi connectivity index (χ1) is 8.47. The van der Waals surface area contributed by atoms with E-state index in [-0.39, 0.29) is 6.42 Å². The van der Waals surface area contributed by atoms with Crippen molar-refractivity contribution in [3.05, 3.63) is 29.8 Å². The van der Waals surface area contributed by atoms with Crippen LogP contribution in [0.5, 0.6) is 0 Å². The van der Waals surface area contributed by atoms with Crippen molar-refractivity contribution < 1.29 is 19.7 Å². The number of hydrogen-bond donors (Lipinski definition) is 2. The van der Waals surface area contributed by atoms with E-state index in [1.165, 1.54) is 7.11 Å². The van der Waals surface area contributed by atoms with Crippen LogP contribution >= 0.6 is 0 Å². The number of nitrogens with zero attached hydrogens (tertiary/aromatic N) is 1. The number of aliphatic hydroxyl groups is 2. The van der Waals surface area contributed by atoms with Gasteiger partial charge in [-0.15, -0.1) is 0 Å². The number of carbonyl (C=O) groups excluding carboxylic acids is 1. The monoisotopic (exact) mass is 253 g/mol. The van der Waals surface area contributed by atoms with Gasteiger partial charge in [-0.3, -0.25) is 4.79 Å². The Morgan fingerprint density at radius 2 is 1.94 bits per heavy atom. The molecule has 0 saturated carbocycles. The minimum Gasteiger partial charge on any atom is -0.469 e. The highest BCUT2D eigenvalue weighted by Crippen LogP contribution is 2.28. The Morgan fingerprint density at radius 1 is 1.33 bits per heavy atom. The van der Waals surface area contributed by atoms with Gasteiger partial charge in [0.05, 0.1) is 19.6 Å². The third kappa shape index (κ3) is 3.45. The van der Waals surface area contributed by atoms with Gasteiger partial charge in [-0.1, -0.05) is 18.2 Å². The zero-order chi connectivity index (χ0) is 13.7. The molecule has 1 aromatic rings. The number of carbonyl (C=O) groups is 1. The molecular weight excluding hydrogens is 234 g/mol. The molecule has 2 unspecified atom stereocenters. The van der Waals surface area contributed by atoms with E-state index in [9.17, 15) is 15.0 Å². The van der Waals surface area contributed by atoms with Crippen molar-refractivity contribution in [2.24, 2.45) is 0 Å². The van der Waals surface area contributed by atoms with Crippen molar-refractivity contribution in [1.82, 2.24) is 0 Å². The van der Waals surface area contributed by atoms with Crippen LogP contribution in [0.3, 0.4) is 0 Å². The molecule has 2 atom stereocenters. The fraction of sp³-hybridized carbons (Fsp3) is 0.462. The topological polar surface area (TPSA) is 70.0 Å². The van der Waals surface area contributed by atoms with E-state index in [1.807, 2.05) is 31.1 Å². The number of esters is 1. The summed E-state index contributed by atoms with van der Waals surface area (Å²) in [5.41, 5.74) is 1.38. The van der Waals surface area contributed by atoms with Crippen LogP contribution in [0.25, 0.3) is 0 Å². The van der Waals surface area contributed by atoms with Gasteiger partial charge in [-0.25, -0.2) is 0 Å². The van der Waals surface area contributed by atoms with E-state index in [2.05, 4.69) is 4.74 Å². The first-order valence-electron chi connectivity index (χ1n) is 5.66. The van der Waals surface area contributed by atoms with Crippen LogP contribution in [0.1, 0.15) is 18.1 Å². The van der Waals surface area contributed by atoms with Crippen LogP contribution in [0, 0.1) is 0 Å². The molecule has 5 nitrogen and oxygen atoms in total. The van der Waals surface area contributed by atoms with E-state index < -0.39 is 18.2 Å². The molecule has 2 N–H and O–H groups in total. The molecule has 100 valence electrons. The zero-order valence-corrected chi connectivity index (χ0v) is 10.8. The lowest BCUT2D eigenvalue weighted by atomic mass is 10.00. The molecule has 0 amide bonds. The molecule has 5 heteroatoms. The molecular formula is C13H19NO4. The lowest BCUT2D eigenvalue weighted by Crippen LogP contribution is -2.24. The van der Waals surface area contributed by atoms with Gasteiger partial charge in [0.2, 0.25) is 0 Å². The second-order valence-corrected chi connectivity index (χ2v) is 4.25. The van der Waals surface area contributed by atoms with Crippen LogP contribution in [0.15, 0.2) is 24.3 Å². The Morgan fingerprint density at radius 3 is 2.50 bits per heavy atom. The molecule has 0 fully saturated rings. The normalized spacial score (nSPS) is 13.8. The Bertz CT molecular complexity index is 406. The molecule has 0 aliphatic heterocycles. The minimum atomic E-state index is -1.18. The lowest BCUT2D eigenvalue weighted by molar-refractivity contribution is -0.144. The summed E-state index contributed by atoms with van der Waals surface area (Å²) in [7, 11) is 4.94. The van der Waals surface area contributed by atoms with Gasteiger partial charge < -0.3 is 19.8 Å². The van der Waals surface area contributed by atoms with E-state index in [4.69, 9.17) is 0 Å². The summed E-state index contributed by atoms with van der Waals surface area (Å²) in [6, 6.07) is 7.18. The summed E-state index contributed by atoms with van der Waals surface area (Å²) in [5, 5.41) is 19.9. The molecule has 0 bridgehead atoms. The number of ether oxygens (including phenoxy) is 1. The molecule has 0 heterocycles. The van der Waals surface area contributed by atoms with Gasteiger partial charge in [0.15, 0.2) is 0 Å². The molecule has 0 saturated heterocycles. The first-order valence-corrected chi connectivity index (χ1v) is 5.66. The smallest absolute Gasteiger partial charge is 0.308 e. The van der Waals surface area contributed by atoms with Crippen molar-refractivity contribution in [3.8, 4) is 0 Å². The van der Waals surface area contributed by atoms with Gasteiger partial charge in [0.25, 0.3) is 0 Å². The van der Waals surface area contributed by atoms with Crippen LogP contribution < -0.4 is 4.90 Å². The number of hydrogen-bond acceptors (Lipinski definition) is 5. The molecule has 0 aliphatic rings. The molecule has 0 spiro atoms. The Balaban J connectivity index is 2.89. The standard InChI is InChI=1S/C13H19NO4/c1-14(2)10-7-5-4-6-9(10)13(17)11(15)8-12(16)18-3/h4-7,11,13,15,17H,8H2,1-3H3. The van der Waals surface area contributed by atoms with Crippen molar-refractivity contribution >= 4 is 11.7 Å². The second kappa shape index (κ2) is 6.37. The van der Waals surface area contributed by atoms with Crippen LogP contribution in [-0.2, 0) is 9.53 Å². The van der Waals surface area contributed by atoms with Gasteiger partial charge in [-0.2, -0.15) is 0 Å². The summed E-state index contributed by atoms with van der Waals surface area (Å²) in [6.07, 6.45) is -2.54. The van der Waals surface area contributed by atoms with E-state index >= 15 is 0 Å². The van der Waals surface area contributed by atoms with Gasteiger partial charge in [-0.05, 0) is 6.07 Å². The predicted octanol–water partition coefficient (Wildman–Crippen LogP) is 0.710. The summed E-state index contributed by atoms with van der Waals surface area (Å²) < 4.78 is 4.46. The summed E-state index contributed by atoms with van der Waals surface area (Å²) in [6.45, 7) is 0. The SMILES string of the molecule is COC(=O)CC(O)C(O)c1ccccc1N(C)C. The lowest BCUT2D eigenvalue weighted by Gasteiger charge is -2.23. The molecule has 18 heavy (non-hydrogen) atoms. The highest BCUT2D eigenvalue weighted by atomic mass is 16.5. The van der Waals surface area contributed by atoms with Crippen LogP contribution in [0.2, 0.25) is 0 Å². The molecule has 0 aromatic heterocycles. The quantitative estimate of drug-likeness (QED) is 0.756. The number of anilines is 1. The Hall–Kier alpha value is -1.59. The molecule has 1 aromatic carbocycles. The van der Waals surface area contributed by atoms with Crippen molar-refractivity contribution in [2.45, 2.75) is 18.6 Å². The van der Waals surface area contributed by atoms with Crippen molar-refractivity contribution in [1.29, 1.82) is 0 Å². The Kier molecular flexibility index (Phi) is 5.12. The second-order valence-electron chi connectivity index (χ2n) is 4.25. The van der Waals surface area contributed by atoms with E-state index in [0.717, 1.165) is 5.69 Å². The average Bonchev–Trinajstić information content (AvgIpc) is 2.37. The summed E-state index contributed by atoms with van der Waals surface area (Å²) >= 11 is 0. The number of aliphatic hydroxyl groups excluding tert-OH is 2. The van der Waals surface area contributed by atoms with Crippen molar-refractivity contribution in [2.75, 3.05) is 26.1 Å². The number of methoxy groups -OCH3 is 1. The van der Waals surface area contributed by atoms with Crippen molar-refractivity contribution in [3.63, 3.8) is 0 Å². The predicted molar refractivity (Wildman–Crippen MR) is 68.4 cm³/mol. The van der Waals surface area contributed by atoms with Crippen LogP contribution in [-0.4, -0.2) is 43.5 Å². The van der Waals surface area contributed by atoms with Gasteiger partial charge in [0.1, 0.15) is 6.10 Å². The maximum atomic E-state index is 11.1. The largest absolute Gasteiger partial charge is 0.469 e.